The average molecular weight is 456 g/mol. The first-order valence-electron chi connectivity index (χ1n) is 10.9. The Balaban J connectivity index is 1.50. The first-order chi connectivity index (χ1) is 16.1. The Kier molecular flexibility index (Phi) is 4.65. The second kappa shape index (κ2) is 7.70. The van der Waals surface area contributed by atoms with Crippen LogP contribution < -0.4 is 10.9 Å². The molecule has 164 valence electrons. The summed E-state index contributed by atoms with van der Waals surface area (Å²) < 4.78 is 1.96. The van der Waals surface area contributed by atoms with Crippen LogP contribution in [0.4, 0.5) is 5.82 Å². The molecule has 1 fully saturated rings. The van der Waals surface area contributed by atoms with Gasteiger partial charge in [0.25, 0.3) is 5.56 Å². The van der Waals surface area contributed by atoms with E-state index in [-0.39, 0.29) is 17.6 Å². The van der Waals surface area contributed by atoms with Crippen molar-refractivity contribution in [2.24, 2.45) is 0 Å². The van der Waals surface area contributed by atoms with Crippen molar-refractivity contribution in [3.63, 3.8) is 0 Å². The fraction of sp³-hybridized carbons (Fsp3) is 0.250. The lowest BCUT2D eigenvalue weighted by atomic mass is 9.99. The lowest BCUT2D eigenvalue weighted by molar-refractivity contribution is 0.636. The molecule has 4 heterocycles. The molecule has 8 nitrogen and oxygen atoms in total. The third-order valence-corrected chi connectivity index (χ3v) is 6.78. The molecule has 0 radical (unpaired) electrons. The molecule has 0 saturated heterocycles. The lowest BCUT2D eigenvalue weighted by Crippen LogP contribution is -2.26. The predicted molar refractivity (Wildman–Crippen MR) is 129 cm³/mol. The van der Waals surface area contributed by atoms with Gasteiger partial charge in [0.05, 0.1) is 16.9 Å². The summed E-state index contributed by atoms with van der Waals surface area (Å²) in [4.78, 5) is 36.5. The third-order valence-electron chi connectivity index (χ3n) is 6.05. The van der Waals surface area contributed by atoms with Crippen LogP contribution in [0.15, 0.2) is 53.3 Å². The summed E-state index contributed by atoms with van der Waals surface area (Å²) in [6.07, 6.45) is 7.12. The fourth-order valence-corrected chi connectivity index (χ4v) is 4.92. The number of benzene rings is 1. The van der Waals surface area contributed by atoms with E-state index < -0.39 is 0 Å². The van der Waals surface area contributed by atoms with Crippen LogP contribution in [0, 0.1) is 6.92 Å². The number of fused-ring (bicyclic) bond motifs is 2. The van der Waals surface area contributed by atoms with Gasteiger partial charge in [-0.1, -0.05) is 18.2 Å². The van der Waals surface area contributed by atoms with Gasteiger partial charge in [-0.25, -0.2) is 24.9 Å². The van der Waals surface area contributed by atoms with E-state index in [1.54, 1.807) is 24.2 Å². The van der Waals surface area contributed by atoms with Crippen LogP contribution in [0.25, 0.3) is 32.2 Å². The van der Waals surface area contributed by atoms with E-state index in [2.05, 4.69) is 43.2 Å². The number of hydrogen-bond donors (Lipinski definition) is 1. The van der Waals surface area contributed by atoms with Crippen molar-refractivity contribution in [3.8, 4) is 11.1 Å². The van der Waals surface area contributed by atoms with Crippen molar-refractivity contribution in [2.75, 3.05) is 5.32 Å². The predicted octanol–water partition coefficient (Wildman–Crippen LogP) is 4.67. The second-order valence-electron chi connectivity index (χ2n) is 8.36. The Morgan fingerprint density at radius 1 is 1.12 bits per heavy atom. The molecule has 33 heavy (non-hydrogen) atoms. The van der Waals surface area contributed by atoms with Crippen molar-refractivity contribution in [1.29, 1.82) is 0 Å². The molecule has 1 aliphatic rings. The molecule has 1 unspecified atom stereocenters. The van der Waals surface area contributed by atoms with Gasteiger partial charge in [-0.2, -0.15) is 0 Å². The van der Waals surface area contributed by atoms with Gasteiger partial charge in [0.1, 0.15) is 22.5 Å². The molecule has 1 saturated carbocycles. The normalized spacial score (nSPS) is 14.6. The third kappa shape index (κ3) is 3.45. The molecule has 0 aliphatic heterocycles. The van der Waals surface area contributed by atoms with Gasteiger partial charge in [0, 0.05) is 29.7 Å². The summed E-state index contributed by atoms with van der Waals surface area (Å²) in [5.41, 5.74) is 5.18. The van der Waals surface area contributed by atoms with Crippen LogP contribution in [0.3, 0.4) is 0 Å². The Morgan fingerprint density at radius 3 is 2.73 bits per heavy atom. The molecular weight excluding hydrogens is 434 g/mol. The molecule has 4 aromatic heterocycles. The zero-order chi connectivity index (χ0) is 22.5. The Morgan fingerprint density at radius 2 is 1.94 bits per heavy atom. The van der Waals surface area contributed by atoms with Gasteiger partial charge in [-0.3, -0.25) is 4.79 Å². The number of nitrogens with one attached hydrogen (secondary N) is 1. The van der Waals surface area contributed by atoms with Crippen molar-refractivity contribution in [3.05, 3.63) is 70.4 Å². The standard InChI is InChI=1S/C24H21N7OS/c1-13(30-22-21-23(28-11-27-22)33-12-29-21)19-8-15-4-3-5-18(16-9-25-14(2)26-10-16)20(15)24(32)31(19)17-6-7-17/h3-5,8-13,17H,6-7H2,1-2H3,(H,27,28,30). The van der Waals surface area contributed by atoms with Crippen LogP contribution in [0.1, 0.15) is 43.4 Å². The first-order valence-corrected chi connectivity index (χ1v) is 11.8. The quantitative estimate of drug-likeness (QED) is 0.411. The van der Waals surface area contributed by atoms with Crippen LogP contribution in [-0.4, -0.2) is 29.5 Å². The summed E-state index contributed by atoms with van der Waals surface area (Å²) >= 11 is 1.48. The number of aromatic nitrogens is 6. The first kappa shape index (κ1) is 19.9. The van der Waals surface area contributed by atoms with Crippen molar-refractivity contribution >= 4 is 38.3 Å². The zero-order valence-electron chi connectivity index (χ0n) is 18.2. The zero-order valence-corrected chi connectivity index (χ0v) is 19.0. The monoisotopic (exact) mass is 455 g/mol. The maximum absolute atomic E-state index is 13.9. The highest BCUT2D eigenvalue weighted by molar-refractivity contribution is 7.16. The maximum Gasteiger partial charge on any atom is 0.259 e. The van der Waals surface area contributed by atoms with Gasteiger partial charge in [0.15, 0.2) is 5.82 Å². The number of thiazole rings is 1. The van der Waals surface area contributed by atoms with Crippen LogP contribution >= 0.6 is 11.3 Å². The van der Waals surface area contributed by atoms with Crippen molar-refractivity contribution in [1.82, 2.24) is 29.5 Å². The van der Waals surface area contributed by atoms with Crippen molar-refractivity contribution in [2.45, 2.75) is 38.8 Å². The van der Waals surface area contributed by atoms with Crippen molar-refractivity contribution < 1.29 is 0 Å². The summed E-state index contributed by atoms with van der Waals surface area (Å²) in [5, 5.41) is 5.08. The van der Waals surface area contributed by atoms with E-state index in [0.717, 1.165) is 45.4 Å². The largest absolute Gasteiger partial charge is 0.360 e. The number of pyridine rings is 1. The number of hydrogen-bond acceptors (Lipinski definition) is 8. The van der Waals surface area contributed by atoms with Crippen LogP contribution in [0.5, 0.6) is 0 Å². The molecule has 6 rings (SSSR count). The molecule has 1 aliphatic carbocycles. The minimum Gasteiger partial charge on any atom is -0.360 e. The molecule has 5 aromatic rings. The Bertz CT molecular complexity index is 1550. The molecule has 1 N–H and O–H groups in total. The van der Waals surface area contributed by atoms with Crippen LogP contribution in [-0.2, 0) is 0 Å². The summed E-state index contributed by atoms with van der Waals surface area (Å²) in [6, 6.07) is 8.12. The van der Waals surface area contributed by atoms with E-state index in [0.29, 0.717) is 17.0 Å². The highest BCUT2D eigenvalue weighted by Gasteiger charge is 2.30. The molecule has 1 aromatic carbocycles. The summed E-state index contributed by atoms with van der Waals surface area (Å²) in [6.45, 7) is 3.90. The van der Waals surface area contributed by atoms with E-state index in [1.807, 2.05) is 29.7 Å². The number of anilines is 1. The second-order valence-corrected chi connectivity index (χ2v) is 9.19. The van der Waals surface area contributed by atoms with Crippen LogP contribution in [0.2, 0.25) is 0 Å². The lowest BCUT2D eigenvalue weighted by Gasteiger charge is -2.22. The van der Waals surface area contributed by atoms with Gasteiger partial charge in [0.2, 0.25) is 0 Å². The average Bonchev–Trinajstić information content (AvgIpc) is 3.54. The van der Waals surface area contributed by atoms with E-state index in [9.17, 15) is 4.79 Å². The highest BCUT2D eigenvalue weighted by atomic mass is 32.1. The Hall–Kier alpha value is -3.72. The van der Waals surface area contributed by atoms with Gasteiger partial charge < -0.3 is 9.88 Å². The number of aryl methyl sites for hydroxylation is 1. The van der Waals surface area contributed by atoms with E-state index >= 15 is 0 Å². The number of rotatable bonds is 5. The van der Waals surface area contributed by atoms with Gasteiger partial charge in [-0.15, -0.1) is 11.3 Å². The van der Waals surface area contributed by atoms with E-state index in [1.165, 1.54) is 11.3 Å². The molecule has 1 atom stereocenters. The molecule has 0 amide bonds. The summed E-state index contributed by atoms with van der Waals surface area (Å²) in [7, 11) is 0. The van der Waals surface area contributed by atoms with Gasteiger partial charge >= 0.3 is 0 Å². The molecule has 0 spiro atoms. The fourth-order valence-electron chi connectivity index (χ4n) is 4.29. The highest BCUT2D eigenvalue weighted by Crippen LogP contribution is 2.38. The smallest absolute Gasteiger partial charge is 0.259 e. The topological polar surface area (TPSA) is 98.5 Å². The SMILES string of the molecule is Cc1ncc(-c2cccc3cc(C(C)Nc4ncnc5scnc45)n(C4CC4)c(=O)c23)cn1. The Labute approximate surface area is 193 Å². The molecular formula is C24H21N7OS. The van der Waals surface area contributed by atoms with E-state index in [4.69, 9.17) is 0 Å². The van der Waals surface area contributed by atoms with Gasteiger partial charge in [-0.05, 0) is 43.7 Å². The molecule has 0 bridgehead atoms. The maximum atomic E-state index is 13.9. The molecule has 9 heteroatoms. The number of nitrogens with zero attached hydrogens (tertiary/aromatic N) is 6. The minimum atomic E-state index is -0.145. The summed E-state index contributed by atoms with van der Waals surface area (Å²) in [5.74, 6) is 1.38. The minimum absolute atomic E-state index is 0.0244.